The molecule has 10 heteroatoms. The predicted molar refractivity (Wildman–Crippen MR) is 103 cm³/mol. The Hall–Kier alpha value is -3.44. The van der Waals surface area contributed by atoms with Gasteiger partial charge in [0.25, 0.3) is 11.5 Å². The first-order chi connectivity index (χ1) is 14.4. The number of nitro benzene ring substituents is 1. The largest absolute Gasteiger partial charge is 0.384 e. The first kappa shape index (κ1) is 21.3. The molecule has 0 saturated heterocycles. The molecule has 10 nitrogen and oxygen atoms in total. The number of ether oxygens (including phenoxy) is 2. The van der Waals surface area contributed by atoms with Gasteiger partial charge in [-0.2, -0.15) is 4.89 Å². The number of non-ortho nitro benzene ring substituents is 1. The van der Waals surface area contributed by atoms with Gasteiger partial charge in [-0.25, -0.2) is 5.26 Å². The Morgan fingerprint density at radius 1 is 1.20 bits per heavy atom. The molecule has 0 saturated carbocycles. The van der Waals surface area contributed by atoms with Crippen LogP contribution in [-0.4, -0.2) is 35.3 Å². The Bertz CT molecular complexity index is 990. The van der Waals surface area contributed by atoms with Crippen molar-refractivity contribution in [2.75, 3.05) is 7.11 Å². The molecule has 2 aromatic rings. The van der Waals surface area contributed by atoms with Crippen molar-refractivity contribution in [3.05, 3.63) is 87.5 Å². The van der Waals surface area contributed by atoms with Crippen LogP contribution in [0.1, 0.15) is 18.1 Å². The van der Waals surface area contributed by atoms with Crippen molar-refractivity contribution in [2.45, 2.75) is 18.7 Å². The molecule has 0 amide bonds. The van der Waals surface area contributed by atoms with Gasteiger partial charge in [-0.15, -0.1) is 0 Å². The van der Waals surface area contributed by atoms with E-state index in [0.717, 1.165) is 0 Å². The summed E-state index contributed by atoms with van der Waals surface area (Å²) in [6.07, 6.45) is 2.50. The van der Waals surface area contributed by atoms with E-state index in [2.05, 4.69) is 10.0 Å². The van der Waals surface area contributed by atoms with Gasteiger partial charge < -0.3 is 9.57 Å². The average Bonchev–Trinajstić information content (AvgIpc) is 3.11. The van der Waals surface area contributed by atoms with E-state index in [0.29, 0.717) is 11.1 Å². The Balaban J connectivity index is 1.90. The van der Waals surface area contributed by atoms with Gasteiger partial charge in [0.05, 0.1) is 11.1 Å². The van der Waals surface area contributed by atoms with Crippen molar-refractivity contribution in [2.24, 2.45) is 5.16 Å². The number of carbonyl (C=O) groups is 1. The highest BCUT2D eigenvalue weighted by Gasteiger charge is 2.57. The molecule has 0 aromatic heterocycles. The molecule has 0 fully saturated rings. The van der Waals surface area contributed by atoms with E-state index in [4.69, 9.17) is 14.3 Å². The number of nitro groups is 1. The fourth-order valence-electron chi connectivity index (χ4n) is 2.89. The number of nitrogens with zero attached hydrogens (tertiary/aromatic N) is 2. The van der Waals surface area contributed by atoms with Crippen molar-refractivity contribution in [1.29, 1.82) is 0 Å². The summed E-state index contributed by atoms with van der Waals surface area (Å²) >= 11 is 0. The van der Waals surface area contributed by atoms with Gasteiger partial charge in [0.1, 0.15) is 5.57 Å². The molecule has 0 aliphatic carbocycles. The van der Waals surface area contributed by atoms with Crippen molar-refractivity contribution in [1.82, 2.24) is 0 Å². The SMILES string of the molecule is CO[C@@]1(O/N=C/c2ccc([N+](=O)[O-])cc2)O[C@@](OO)(c2ccccc2)C=C1C(C)=O. The zero-order valence-electron chi connectivity index (χ0n) is 16.1. The molecule has 0 unspecified atom stereocenters. The summed E-state index contributed by atoms with van der Waals surface area (Å²) in [7, 11) is 1.23. The highest BCUT2D eigenvalue weighted by atomic mass is 17.2. The Morgan fingerprint density at radius 3 is 2.40 bits per heavy atom. The lowest BCUT2D eigenvalue weighted by molar-refractivity contribution is -0.464. The van der Waals surface area contributed by atoms with Crippen LogP contribution >= 0.6 is 0 Å². The standard InChI is InChI=1S/C20H18N2O8/c1-14(23)18-12-19(30-26,16-6-4-3-5-7-16)28-20(18,27-2)29-21-13-15-8-10-17(11-9-15)22(24)25/h3-13,26H,1-2H3/b21-13+/t19-,20+/m0/s1. The Kier molecular flexibility index (Phi) is 6.04. The van der Waals surface area contributed by atoms with Crippen LogP contribution in [-0.2, 0) is 29.8 Å². The topological polar surface area (TPSA) is 130 Å². The minimum absolute atomic E-state index is 0.0740. The summed E-state index contributed by atoms with van der Waals surface area (Å²) in [5, 5.41) is 24.1. The number of Topliss-reactive ketones (excluding diaryl/α,β-unsaturated/α-hetero) is 1. The molecular weight excluding hydrogens is 396 g/mol. The highest BCUT2D eigenvalue weighted by Crippen LogP contribution is 2.45. The summed E-state index contributed by atoms with van der Waals surface area (Å²) in [6, 6.07) is 13.9. The van der Waals surface area contributed by atoms with Gasteiger partial charge in [-0.3, -0.25) is 19.6 Å². The molecule has 0 bridgehead atoms. The number of methoxy groups -OCH3 is 1. The fourth-order valence-corrected chi connectivity index (χ4v) is 2.89. The smallest absolute Gasteiger partial charge is 0.327 e. The predicted octanol–water partition coefficient (Wildman–Crippen LogP) is 3.13. The van der Waals surface area contributed by atoms with Crippen LogP contribution in [0.2, 0.25) is 0 Å². The third kappa shape index (κ3) is 3.98. The number of hydrogen-bond donors (Lipinski definition) is 1. The number of oxime groups is 1. The lowest BCUT2D eigenvalue weighted by Crippen LogP contribution is -2.42. The minimum atomic E-state index is -2.10. The second-order valence-electron chi connectivity index (χ2n) is 6.28. The number of rotatable bonds is 8. The van der Waals surface area contributed by atoms with E-state index in [1.807, 2.05) is 0 Å². The summed E-state index contributed by atoms with van der Waals surface area (Å²) < 4.78 is 11.1. The molecule has 1 aliphatic rings. The second kappa shape index (κ2) is 8.51. The van der Waals surface area contributed by atoms with Crippen molar-refractivity contribution in [3.63, 3.8) is 0 Å². The summed E-state index contributed by atoms with van der Waals surface area (Å²) in [4.78, 5) is 32.4. The minimum Gasteiger partial charge on any atom is -0.327 e. The molecular formula is C20H18N2O8. The molecule has 2 atom stereocenters. The summed E-state index contributed by atoms with van der Waals surface area (Å²) in [5.41, 5.74) is 0.720. The van der Waals surface area contributed by atoms with Gasteiger partial charge in [0.2, 0.25) is 0 Å². The van der Waals surface area contributed by atoms with E-state index < -0.39 is 22.5 Å². The Labute approximate surface area is 171 Å². The van der Waals surface area contributed by atoms with Gasteiger partial charge in [0, 0.05) is 24.8 Å². The van der Waals surface area contributed by atoms with Crippen molar-refractivity contribution >= 4 is 17.7 Å². The number of ketones is 1. The van der Waals surface area contributed by atoms with Gasteiger partial charge >= 0.3 is 5.97 Å². The van der Waals surface area contributed by atoms with E-state index in [9.17, 15) is 20.2 Å². The molecule has 3 rings (SSSR count). The third-order valence-electron chi connectivity index (χ3n) is 4.39. The lowest BCUT2D eigenvalue weighted by Gasteiger charge is -2.31. The number of carbonyl (C=O) groups excluding carboxylic acids is 1. The maximum absolute atomic E-state index is 12.2. The zero-order valence-corrected chi connectivity index (χ0v) is 16.1. The van der Waals surface area contributed by atoms with E-state index in [1.54, 1.807) is 30.3 Å². The zero-order chi connectivity index (χ0) is 21.8. The van der Waals surface area contributed by atoms with E-state index in [-0.39, 0.29) is 11.3 Å². The third-order valence-corrected chi connectivity index (χ3v) is 4.39. The molecule has 1 N–H and O–H groups in total. The van der Waals surface area contributed by atoms with Crippen LogP contribution < -0.4 is 0 Å². The molecule has 30 heavy (non-hydrogen) atoms. The summed E-state index contributed by atoms with van der Waals surface area (Å²) in [5.74, 6) is -4.42. The van der Waals surface area contributed by atoms with Crippen LogP contribution in [0, 0.1) is 10.1 Å². The quantitative estimate of drug-likeness (QED) is 0.229. The fraction of sp³-hybridized carbons (Fsp3) is 0.200. The van der Waals surface area contributed by atoms with Crippen molar-refractivity contribution < 1.29 is 34.2 Å². The summed E-state index contributed by atoms with van der Waals surface area (Å²) in [6.45, 7) is 1.27. The maximum Gasteiger partial charge on any atom is 0.384 e. The number of hydrogen-bond acceptors (Lipinski definition) is 9. The van der Waals surface area contributed by atoms with Crippen LogP contribution in [0.4, 0.5) is 5.69 Å². The van der Waals surface area contributed by atoms with Crippen LogP contribution in [0.5, 0.6) is 0 Å². The van der Waals surface area contributed by atoms with Crippen LogP contribution in [0.3, 0.4) is 0 Å². The molecule has 156 valence electrons. The first-order valence-electron chi connectivity index (χ1n) is 8.69. The lowest BCUT2D eigenvalue weighted by atomic mass is 10.0. The molecule has 0 radical (unpaired) electrons. The van der Waals surface area contributed by atoms with Crippen LogP contribution in [0.25, 0.3) is 0 Å². The van der Waals surface area contributed by atoms with Crippen molar-refractivity contribution in [3.8, 4) is 0 Å². The van der Waals surface area contributed by atoms with Gasteiger partial charge in [0.15, 0.2) is 5.78 Å². The van der Waals surface area contributed by atoms with Gasteiger partial charge in [-0.05, 0) is 30.7 Å². The molecule has 1 heterocycles. The molecule has 0 spiro atoms. The highest BCUT2D eigenvalue weighted by molar-refractivity contribution is 5.95. The Morgan fingerprint density at radius 2 is 1.87 bits per heavy atom. The monoisotopic (exact) mass is 414 g/mol. The normalized spacial score (nSPS) is 23.4. The molecule has 1 aliphatic heterocycles. The first-order valence-corrected chi connectivity index (χ1v) is 8.69. The van der Waals surface area contributed by atoms with Crippen LogP contribution in [0.15, 0.2) is 71.4 Å². The molecule has 2 aromatic carbocycles. The van der Waals surface area contributed by atoms with E-state index >= 15 is 0 Å². The number of benzene rings is 2. The maximum atomic E-state index is 12.2. The van der Waals surface area contributed by atoms with Gasteiger partial charge in [-0.1, -0.05) is 35.5 Å². The average molecular weight is 414 g/mol. The van der Waals surface area contributed by atoms with E-state index in [1.165, 1.54) is 50.6 Å². The second-order valence-corrected chi connectivity index (χ2v) is 6.28.